The maximum Gasteiger partial charge on any atom is 0.243 e. The summed E-state index contributed by atoms with van der Waals surface area (Å²) < 4.78 is 5.04. The first-order valence-corrected chi connectivity index (χ1v) is 6.92. The highest BCUT2D eigenvalue weighted by Crippen LogP contribution is 2.24. The van der Waals surface area contributed by atoms with Crippen LogP contribution in [0.2, 0.25) is 0 Å². The van der Waals surface area contributed by atoms with Crippen LogP contribution in [-0.4, -0.2) is 25.5 Å². The fraction of sp³-hybridized carbons (Fsp3) is 0.467. The van der Waals surface area contributed by atoms with E-state index in [9.17, 15) is 9.59 Å². The molecule has 0 radical (unpaired) electrons. The number of hydrogen-bond acceptors (Lipinski definition) is 4. The van der Waals surface area contributed by atoms with Crippen molar-refractivity contribution in [2.75, 3.05) is 24.7 Å². The molecule has 0 atom stereocenters. The molecule has 116 valence electrons. The smallest absolute Gasteiger partial charge is 0.243 e. The van der Waals surface area contributed by atoms with Gasteiger partial charge in [0.15, 0.2) is 0 Å². The van der Waals surface area contributed by atoms with Crippen LogP contribution in [0.5, 0.6) is 5.75 Å². The third-order valence-corrected chi connectivity index (χ3v) is 2.91. The average Bonchev–Trinajstić information content (AvgIpc) is 2.43. The number of ether oxygens (including phenoxy) is 1. The molecule has 0 bridgehead atoms. The van der Waals surface area contributed by atoms with Crippen molar-refractivity contribution in [2.45, 2.75) is 26.7 Å². The Balaban J connectivity index is 2.40. The molecular weight excluding hydrogens is 270 g/mol. The van der Waals surface area contributed by atoms with Crippen molar-refractivity contribution in [1.82, 2.24) is 5.32 Å². The molecule has 6 heteroatoms. The lowest BCUT2D eigenvalue weighted by Gasteiger charge is -2.10. The fourth-order valence-corrected chi connectivity index (χ4v) is 1.70. The molecule has 6 nitrogen and oxygen atoms in total. The summed E-state index contributed by atoms with van der Waals surface area (Å²) in [5.41, 5.74) is 6.76. The molecule has 0 saturated carbocycles. The first-order chi connectivity index (χ1) is 9.92. The first-order valence-electron chi connectivity index (χ1n) is 6.92. The molecule has 0 spiro atoms. The van der Waals surface area contributed by atoms with Gasteiger partial charge < -0.3 is 21.1 Å². The van der Waals surface area contributed by atoms with Crippen LogP contribution in [0.3, 0.4) is 0 Å². The molecule has 2 amide bonds. The van der Waals surface area contributed by atoms with Crippen LogP contribution in [0.1, 0.15) is 26.7 Å². The van der Waals surface area contributed by atoms with Crippen LogP contribution in [0, 0.1) is 5.92 Å². The maximum absolute atomic E-state index is 11.7. The number of carbonyl (C=O) groups is 2. The van der Waals surface area contributed by atoms with Crippen molar-refractivity contribution in [3.05, 3.63) is 18.2 Å². The zero-order chi connectivity index (χ0) is 15.8. The van der Waals surface area contributed by atoms with Gasteiger partial charge in [-0.05, 0) is 30.5 Å². The topological polar surface area (TPSA) is 93.5 Å². The van der Waals surface area contributed by atoms with E-state index in [4.69, 9.17) is 10.5 Å². The van der Waals surface area contributed by atoms with E-state index in [0.29, 0.717) is 29.5 Å². The van der Waals surface area contributed by atoms with Gasteiger partial charge in [-0.1, -0.05) is 13.8 Å². The van der Waals surface area contributed by atoms with Gasteiger partial charge in [0, 0.05) is 12.1 Å². The highest BCUT2D eigenvalue weighted by Gasteiger charge is 2.08. The average molecular weight is 293 g/mol. The number of anilines is 2. The van der Waals surface area contributed by atoms with Gasteiger partial charge in [0.05, 0.1) is 19.3 Å². The second-order valence-electron chi connectivity index (χ2n) is 5.21. The Morgan fingerprint density at radius 2 is 2.00 bits per heavy atom. The molecule has 1 rings (SSSR count). The summed E-state index contributed by atoms with van der Waals surface area (Å²) in [7, 11) is 1.52. The van der Waals surface area contributed by atoms with Gasteiger partial charge in [0.1, 0.15) is 5.75 Å². The number of amides is 2. The summed E-state index contributed by atoms with van der Waals surface area (Å²) in [5.74, 6) is 0.604. The molecule has 0 aliphatic rings. The largest absolute Gasteiger partial charge is 0.495 e. The number of rotatable bonds is 7. The van der Waals surface area contributed by atoms with Crippen LogP contribution >= 0.6 is 0 Å². The van der Waals surface area contributed by atoms with Crippen molar-refractivity contribution in [3.8, 4) is 5.75 Å². The van der Waals surface area contributed by atoms with E-state index in [1.54, 1.807) is 18.2 Å². The molecule has 0 aliphatic heterocycles. The Kier molecular flexibility index (Phi) is 6.52. The monoisotopic (exact) mass is 293 g/mol. The van der Waals surface area contributed by atoms with Gasteiger partial charge >= 0.3 is 0 Å². The van der Waals surface area contributed by atoms with E-state index in [-0.39, 0.29) is 18.4 Å². The molecular formula is C15H23N3O3. The van der Waals surface area contributed by atoms with Gasteiger partial charge in [-0.2, -0.15) is 0 Å². The predicted octanol–water partition coefficient (Wildman–Crippen LogP) is 1.77. The van der Waals surface area contributed by atoms with Crippen LogP contribution < -0.4 is 21.1 Å². The first kappa shape index (κ1) is 16.8. The molecule has 0 fully saturated rings. The van der Waals surface area contributed by atoms with Gasteiger partial charge in [-0.15, -0.1) is 0 Å². The number of carbonyl (C=O) groups excluding carboxylic acids is 2. The Morgan fingerprint density at radius 1 is 1.29 bits per heavy atom. The number of nitrogen functional groups attached to an aromatic ring is 1. The Hall–Kier alpha value is -2.24. The van der Waals surface area contributed by atoms with E-state index in [2.05, 4.69) is 10.6 Å². The van der Waals surface area contributed by atoms with E-state index in [1.807, 2.05) is 13.8 Å². The SMILES string of the molecule is COc1ccc(NC(=O)CNC(=O)CCC(C)C)cc1N. The molecule has 21 heavy (non-hydrogen) atoms. The van der Waals surface area contributed by atoms with Crippen LogP contribution in [-0.2, 0) is 9.59 Å². The maximum atomic E-state index is 11.7. The second-order valence-corrected chi connectivity index (χ2v) is 5.21. The number of hydrogen-bond donors (Lipinski definition) is 3. The van der Waals surface area contributed by atoms with E-state index < -0.39 is 0 Å². The summed E-state index contributed by atoms with van der Waals surface area (Å²) in [6, 6.07) is 4.97. The van der Waals surface area contributed by atoms with Gasteiger partial charge in [-0.3, -0.25) is 9.59 Å². The summed E-state index contributed by atoms with van der Waals surface area (Å²) in [6.45, 7) is 4.05. The number of nitrogens with one attached hydrogen (secondary N) is 2. The second kappa shape index (κ2) is 8.14. The molecule has 1 aromatic carbocycles. The predicted molar refractivity (Wildman–Crippen MR) is 83.1 cm³/mol. The summed E-state index contributed by atoms with van der Waals surface area (Å²) >= 11 is 0. The van der Waals surface area contributed by atoms with Crippen molar-refractivity contribution in [3.63, 3.8) is 0 Å². The number of benzene rings is 1. The van der Waals surface area contributed by atoms with Crippen molar-refractivity contribution in [1.29, 1.82) is 0 Å². The molecule has 0 unspecified atom stereocenters. The quantitative estimate of drug-likeness (QED) is 0.668. The number of methoxy groups -OCH3 is 1. The van der Waals surface area contributed by atoms with Gasteiger partial charge in [0.2, 0.25) is 11.8 Å². The normalized spacial score (nSPS) is 10.3. The van der Waals surface area contributed by atoms with Gasteiger partial charge in [0.25, 0.3) is 0 Å². The number of nitrogens with two attached hydrogens (primary N) is 1. The lowest BCUT2D eigenvalue weighted by atomic mass is 10.1. The van der Waals surface area contributed by atoms with Crippen LogP contribution in [0.25, 0.3) is 0 Å². The van der Waals surface area contributed by atoms with Crippen molar-refractivity contribution in [2.24, 2.45) is 5.92 Å². The van der Waals surface area contributed by atoms with E-state index >= 15 is 0 Å². The molecule has 0 aliphatic carbocycles. The molecule has 0 heterocycles. The summed E-state index contributed by atoms with van der Waals surface area (Å²) in [4.78, 5) is 23.2. The lowest BCUT2D eigenvalue weighted by Crippen LogP contribution is -2.32. The standard InChI is InChI=1S/C15H23N3O3/c1-10(2)4-7-14(19)17-9-15(20)18-11-5-6-13(21-3)12(16)8-11/h5-6,8,10H,4,7,9,16H2,1-3H3,(H,17,19)(H,18,20). The molecule has 4 N–H and O–H groups in total. The highest BCUT2D eigenvalue weighted by atomic mass is 16.5. The van der Waals surface area contributed by atoms with Crippen molar-refractivity contribution >= 4 is 23.2 Å². The van der Waals surface area contributed by atoms with E-state index in [1.165, 1.54) is 7.11 Å². The minimum absolute atomic E-state index is 0.0527. The van der Waals surface area contributed by atoms with Crippen molar-refractivity contribution < 1.29 is 14.3 Å². The van der Waals surface area contributed by atoms with Gasteiger partial charge in [-0.25, -0.2) is 0 Å². The summed E-state index contributed by atoms with van der Waals surface area (Å²) in [5, 5.41) is 5.25. The van der Waals surface area contributed by atoms with E-state index in [0.717, 1.165) is 6.42 Å². The van der Waals surface area contributed by atoms with Crippen LogP contribution in [0.15, 0.2) is 18.2 Å². The lowest BCUT2D eigenvalue weighted by molar-refractivity contribution is -0.124. The minimum atomic E-state index is -0.294. The summed E-state index contributed by atoms with van der Waals surface area (Å²) in [6.07, 6.45) is 1.24. The zero-order valence-electron chi connectivity index (χ0n) is 12.7. The third kappa shape index (κ3) is 6.16. The zero-order valence-corrected chi connectivity index (χ0v) is 12.7. The molecule has 0 saturated heterocycles. The molecule has 1 aromatic rings. The molecule has 0 aromatic heterocycles. The minimum Gasteiger partial charge on any atom is -0.495 e. The highest BCUT2D eigenvalue weighted by molar-refractivity contribution is 5.95. The Labute approximate surface area is 125 Å². The fourth-order valence-electron chi connectivity index (χ4n) is 1.70. The van der Waals surface area contributed by atoms with Crippen LogP contribution in [0.4, 0.5) is 11.4 Å². The Bertz CT molecular complexity index is 501. The Morgan fingerprint density at radius 3 is 2.57 bits per heavy atom. The third-order valence-electron chi connectivity index (χ3n) is 2.91.